The lowest BCUT2D eigenvalue weighted by Crippen LogP contribution is -2.35. The summed E-state index contributed by atoms with van der Waals surface area (Å²) in [7, 11) is 0. The largest absolute Gasteiger partial charge is 0.454 e. The number of esters is 1. The molecular formula is C19H23N3O5. The third-order valence-electron chi connectivity index (χ3n) is 4.72. The summed E-state index contributed by atoms with van der Waals surface area (Å²) in [6.45, 7) is 1.48. The first kappa shape index (κ1) is 18.9. The molecule has 1 N–H and O–H groups in total. The predicted octanol–water partition coefficient (Wildman–Crippen LogP) is 0.709. The van der Waals surface area contributed by atoms with Crippen LogP contribution in [0.15, 0.2) is 24.3 Å². The van der Waals surface area contributed by atoms with Gasteiger partial charge in [0.15, 0.2) is 6.61 Å². The highest BCUT2D eigenvalue weighted by atomic mass is 16.5. The molecular weight excluding hydrogens is 350 g/mol. The van der Waals surface area contributed by atoms with E-state index in [4.69, 9.17) is 4.74 Å². The van der Waals surface area contributed by atoms with Crippen LogP contribution in [0.4, 0.5) is 5.69 Å². The molecule has 0 aromatic heterocycles. The Morgan fingerprint density at radius 3 is 2.33 bits per heavy atom. The van der Waals surface area contributed by atoms with E-state index in [1.165, 1.54) is 0 Å². The topological polar surface area (TPSA) is 96.0 Å². The molecule has 1 aromatic carbocycles. The Bertz CT molecular complexity index is 725. The number of amides is 3. The van der Waals surface area contributed by atoms with E-state index in [1.807, 2.05) is 0 Å². The lowest BCUT2D eigenvalue weighted by Gasteiger charge is -2.16. The quantitative estimate of drug-likeness (QED) is 0.741. The van der Waals surface area contributed by atoms with Gasteiger partial charge in [0.05, 0.1) is 0 Å². The zero-order valence-corrected chi connectivity index (χ0v) is 15.1. The summed E-state index contributed by atoms with van der Waals surface area (Å²) in [6, 6.07) is 6.65. The molecule has 0 atom stereocenters. The first-order chi connectivity index (χ1) is 13.0. The first-order valence-electron chi connectivity index (χ1n) is 9.16. The average molecular weight is 373 g/mol. The molecule has 0 saturated carbocycles. The summed E-state index contributed by atoms with van der Waals surface area (Å²) in [5.74, 6) is -1.20. The molecule has 8 nitrogen and oxygen atoms in total. The third-order valence-corrected chi connectivity index (χ3v) is 4.72. The number of ether oxygens (including phenoxy) is 1. The Hall–Kier alpha value is -2.90. The third kappa shape index (κ3) is 4.84. The maximum atomic E-state index is 12.1. The summed E-state index contributed by atoms with van der Waals surface area (Å²) >= 11 is 0. The van der Waals surface area contributed by atoms with E-state index in [2.05, 4.69) is 5.32 Å². The van der Waals surface area contributed by atoms with Gasteiger partial charge in [0.1, 0.15) is 6.54 Å². The Labute approximate surface area is 157 Å². The van der Waals surface area contributed by atoms with Gasteiger partial charge in [-0.2, -0.15) is 0 Å². The standard InChI is InChI=1S/C19H23N3O5/c23-16-4-3-11-22(16)15-7-5-14(6-8-15)19(26)20-12-18(25)27-13-17(24)21-9-1-2-10-21/h5-8H,1-4,9-13H2,(H,20,26). The predicted molar refractivity (Wildman–Crippen MR) is 97.1 cm³/mol. The fourth-order valence-corrected chi connectivity index (χ4v) is 3.22. The SMILES string of the molecule is O=C(CNC(=O)c1ccc(N2CCCC2=O)cc1)OCC(=O)N1CCCC1. The van der Waals surface area contributed by atoms with Crippen molar-refractivity contribution < 1.29 is 23.9 Å². The van der Waals surface area contributed by atoms with Crippen LogP contribution in [-0.2, 0) is 19.1 Å². The minimum atomic E-state index is -0.657. The van der Waals surface area contributed by atoms with Crippen molar-refractivity contribution >= 4 is 29.4 Å². The van der Waals surface area contributed by atoms with Crippen molar-refractivity contribution in [1.82, 2.24) is 10.2 Å². The first-order valence-corrected chi connectivity index (χ1v) is 9.16. The molecule has 27 heavy (non-hydrogen) atoms. The van der Waals surface area contributed by atoms with E-state index in [0.29, 0.717) is 31.6 Å². The van der Waals surface area contributed by atoms with E-state index in [9.17, 15) is 19.2 Å². The van der Waals surface area contributed by atoms with Gasteiger partial charge in [-0.15, -0.1) is 0 Å². The van der Waals surface area contributed by atoms with Crippen LogP contribution in [-0.4, -0.2) is 61.4 Å². The second kappa shape index (κ2) is 8.66. The van der Waals surface area contributed by atoms with Crippen molar-refractivity contribution in [3.8, 4) is 0 Å². The highest BCUT2D eigenvalue weighted by Crippen LogP contribution is 2.21. The zero-order valence-electron chi connectivity index (χ0n) is 15.1. The maximum Gasteiger partial charge on any atom is 0.325 e. The number of rotatable bonds is 6. The summed E-state index contributed by atoms with van der Waals surface area (Å²) in [5, 5.41) is 2.47. The number of hydrogen-bond acceptors (Lipinski definition) is 5. The van der Waals surface area contributed by atoms with Crippen LogP contribution in [0.2, 0.25) is 0 Å². The van der Waals surface area contributed by atoms with Crippen LogP contribution in [0.5, 0.6) is 0 Å². The average Bonchev–Trinajstić information content (AvgIpc) is 3.36. The van der Waals surface area contributed by atoms with Gasteiger partial charge in [0.25, 0.3) is 11.8 Å². The van der Waals surface area contributed by atoms with Crippen LogP contribution in [0.25, 0.3) is 0 Å². The van der Waals surface area contributed by atoms with Crippen molar-refractivity contribution in [3.63, 3.8) is 0 Å². The molecule has 144 valence electrons. The Kier molecular flexibility index (Phi) is 6.05. The van der Waals surface area contributed by atoms with Crippen molar-refractivity contribution in [2.75, 3.05) is 37.7 Å². The Morgan fingerprint density at radius 2 is 1.70 bits per heavy atom. The second-order valence-electron chi connectivity index (χ2n) is 6.63. The van der Waals surface area contributed by atoms with E-state index in [-0.39, 0.29) is 25.0 Å². The van der Waals surface area contributed by atoms with Gasteiger partial charge in [0, 0.05) is 37.3 Å². The minimum Gasteiger partial charge on any atom is -0.454 e. The number of anilines is 1. The van der Waals surface area contributed by atoms with Gasteiger partial charge >= 0.3 is 5.97 Å². The summed E-state index contributed by atoms with van der Waals surface area (Å²) in [6.07, 6.45) is 3.33. The molecule has 2 aliphatic heterocycles. The van der Waals surface area contributed by atoms with Crippen molar-refractivity contribution in [2.45, 2.75) is 25.7 Å². The smallest absolute Gasteiger partial charge is 0.325 e. The van der Waals surface area contributed by atoms with Gasteiger partial charge in [-0.05, 0) is 43.5 Å². The van der Waals surface area contributed by atoms with Gasteiger partial charge in [0.2, 0.25) is 5.91 Å². The number of benzene rings is 1. The molecule has 0 radical (unpaired) electrons. The molecule has 0 unspecified atom stereocenters. The normalized spacial score (nSPS) is 16.5. The van der Waals surface area contributed by atoms with Crippen molar-refractivity contribution in [2.24, 2.45) is 0 Å². The van der Waals surface area contributed by atoms with Crippen LogP contribution >= 0.6 is 0 Å². The lowest BCUT2D eigenvalue weighted by atomic mass is 10.2. The molecule has 2 saturated heterocycles. The van der Waals surface area contributed by atoms with Crippen LogP contribution in [0, 0.1) is 0 Å². The molecule has 0 bridgehead atoms. The maximum absolute atomic E-state index is 12.1. The fourth-order valence-electron chi connectivity index (χ4n) is 3.22. The Balaban J connectivity index is 1.42. The molecule has 2 fully saturated rings. The van der Waals surface area contributed by atoms with E-state index >= 15 is 0 Å². The number of nitrogens with one attached hydrogen (secondary N) is 1. The van der Waals surface area contributed by atoms with Gasteiger partial charge in [-0.25, -0.2) is 0 Å². The summed E-state index contributed by atoms with van der Waals surface area (Å²) in [4.78, 5) is 50.7. The van der Waals surface area contributed by atoms with Crippen molar-refractivity contribution in [1.29, 1.82) is 0 Å². The summed E-state index contributed by atoms with van der Waals surface area (Å²) < 4.78 is 4.91. The highest BCUT2D eigenvalue weighted by Gasteiger charge is 2.22. The van der Waals surface area contributed by atoms with Crippen LogP contribution < -0.4 is 10.2 Å². The number of carbonyl (C=O) groups is 4. The van der Waals surface area contributed by atoms with Gasteiger partial charge < -0.3 is 19.9 Å². The van der Waals surface area contributed by atoms with Crippen LogP contribution in [0.3, 0.4) is 0 Å². The number of nitrogens with zero attached hydrogens (tertiary/aromatic N) is 2. The fraction of sp³-hybridized carbons (Fsp3) is 0.474. The number of carbonyl (C=O) groups excluding carboxylic acids is 4. The number of hydrogen-bond donors (Lipinski definition) is 1. The molecule has 0 spiro atoms. The molecule has 3 amide bonds. The zero-order chi connectivity index (χ0) is 19.2. The van der Waals surface area contributed by atoms with Gasteiger partial charge in [-0.1, -0.05) is 0 Å². The lowest BCUT2D eigenvalue weighted by molar-refractivity contribution is -0.150. The molecule has 2 aliphatic rings. The minimum absolute atomic E-state index is 0.0819. The summed E-state index contributed by atoms with van der Waals surface area (Å²) in [5.41, 5.74) is 1.14. The molecule has 8 heteroatoms. The van der Waals surface area contributed by atoms with E-state index in [1.54, 1.807) is 34.1 Å². The van der Waals surface area contributed by atoms with Crippen LogP contribution in [0.1, 0.15) is 36.0 Å². The highest BCUT2D eigenvalue weighted by molar-refractivity contribution is 5.98. The van der Waals surface area contributed by atoms with Crippen molar-refractivity contribution in [3.05, 3.63) is 29.8 Å². The van der Waals surface area contributed by atoms with Gasteiger partial charge in [-0.3, -0.25) is 19.2 Å². The molecule has 3 rings (SSSR count). The Morgan fingerprint density at radius 1 is 1.00 bits per heavy atom. The molecule has 2 heterocycles. The van der Waals surface area contributed by atoms with E-state index in [0.717, 1.165) is 24.9 Å². The molecule has 1 aromatic rings. The monoisotopic (exact) mass is 373 g/mol. The number of likely N-dealkylation sites (tertiary alicyclic amines) is 1. The molecule has 0 aliphatic carbocycles. The van der Waals surface area contributed by atoms with E-state index < -0.39 is 11.9 Å². The second-order valence-corrected chi connectivity index (χ2v) is 6.63.